The summed E-state index contributed by atoms with van der Waals surface area (Å²) in [7, 11) is 1.51. The summed E-state index contributed by atoms with van der Waals surface area (Å²) >= 11 is 0. The smallest absolute Gasteiger partial charge is 0.407 e. The number of aliphatic carboxylic acids is 1. The quantitative estimate of drug-likeness (QED) is 0.468. The van der Waals surface area contributed by atoms with E-state index < -0.39 is 30.1 Å². The molecule has 2 aromatic carbocycles. The van der Waals surface area contributed by atoms with Crippen LogP contribution in [0, 0.1) is 5.92 Å². The van der Waals surface area contributed by atoms with Gasteiger partial charge in [-0.1, -0.05) is 48.5 Å². The van der Waals surface area contributed by atoms with Gasteiger partial charge in [0.1, 0.15) is 12.6 Å². The number of hydrogen-bond acceptors (Lipinski definition) is 5. The fourth-order valence-electron chi connectivity index (χ4n) is 4.59. The molecule has 0 aliphatic heterocycles. The molecule has 2 aromatic rings. The van der Waals surface area contributed by atoms with E-state index in [0.29, 0.717) is 0 Å². The van der Waals surface area contributed by atoms with Gasteiger partial charge in [-0.3, -0.25) is 9.59 Å². The van der Waals surface area contributed by atoms with Crippen molar-refractivity contribution in [2.45, 2.75) is 43.7 Å². The van der Waals surface area contributed by atoms with Gasteiger partial charge >= 0.3 is 12.1 Å². The molecule has 0 heterocycles. The maximum Gasteiger partial charge on any atom is 0.407 e. The lowest BCUT2D eigenvalue weighted by Gasteiger charge is -2.23. The maximum absolute atomic E-state index is 12.9. The van der Waals surface area contributed by atoms with Crippen molar-refractivity contribution in [1.82, 2.24) is 10.6 Å². The molecule has 0 radical (unpaired) electrons. The molecule has 0 spiro atoms. The summed E-state index contributed by atoms with van der Waals surface area (Å²) in [5, 5.41) is 14.6. The van der Waals surface area contributed by atoms with Crippen LogP contribution in [0.1, 0.15) is 42.7 Å². The number of carboxylic acids is 1. The Bertz CT molecular complexity index is 1010. The highest BCUT2D eigenvalue weighted by Gasteiger charge is 2.35. The Morgan fingerprint density at radius 1 is 1.00 bits per heavy atom. The highest BCUT2D eigenvalue weighted by atomic mass is 16.5. The van der Waals surface area contributed by atoms with Gasteiger partial charge in [-0.05, 0) is 41.0 Å². The SMILES string of the molecule is COCCC(NC(=O)OCC1c2ccccc2-c2ccccc21)C(=O)NC(CC(=O)O)C1CC1. The number of benzene rings is 2. The molecule has 0 aromatic heterocycles. The van der Waals surface area contributed by atoms with Gasteiger partial charge < -0.3 is 25.2 Å². The van der Waals surface area contributed by atoms with Crippen LogP contribution in [0.2, 0.25) is 0 Å². The average molecular weight is 467 g/mol. The first kappa shape index (κ1) is 23.8. The van der Waals surface area contributed by atoms with E-state index in [1.807, 2.05) is 36.4 Å². The van der Waals surface area contributed by atoms with E-state index in [0.717, 1.165) is 35.1 Å². The molecule has 1 fully saturated rings. The number of alkyl carbamates (subject to hydrolysis) is 1. The van der Waals surface area contributed by atoms with E-state index in [2.05, 4.69) is 22.8 Å². The molecule has 0 bridgehead atoms. The minimum Gasteiger partial charge on any atom is -0.481 e. The van der Waals surface area contributed by atoms with E-state index in [-0.39, 0.29) is 37.9 Å². The van der Waals surface area contributed by atoms with Gasteiger partial charge in [-0.25, -0.2) is 4.79 Å². The largest absolute Gasteiger partial charge is 0.481 e. The van der Waals surface area contributed by atoms with Crippen LogP contribution in [0.15, 0.2) is 48.5 Å². The molecule has 34 heavy (non-hydrogen) atoms. The third kappa shape index (κ3) is 5.56. The molecule has 8 nitrogen and oxygen atoms in total. The van der Waals surface area contributed by atoms with Gasteiger partial charge in [0.2, 0.25) is 5.91 Å². The second kappa shape index (κ2) is 10.7. The Morgan fingerprint density at radius 2 is 1.62 bits per heavy atom. The van der Waals surface area contributed by atoms with Gasteiger partial charge in [0, 0.05) is 32.1 Å². The summed E-state index contributed by atoms with van der Waals surface area (Å²) in [5.41, 5.74) is 4.47. The number of nitrogens with one attached hydrogen (secondary N) is 2. The summed E-state index contributed by atoms with van der Waals surface area (Å²) in [5.74, 6) is -1.31. The molecule has 0 saturated heterocycles. The second-order valence-electron chi connectivity index (χ2n) is 8.85. The lowest BCUT2D eigenvalue weighted by Crippen LogP contribution is -2.51. The monoisotopic (exact) mass is 466 g/mol. The first-order valence-corrected chi connectivity index (χ1v) is 11.6. The molecular weight excluding hydrogens is 436 g/mol. The van der Waals surface area contributed by atoms with Crippen molar-refractivity contribution in [3.63, 3.8) is 0 Å². The van der Waals surface area contributed by atoms with E-state index in [1.54, 1.807) is 0 Å². The minimum absolute atomic E-state index is 0.0841. The lowest BCUT2D eigenvalue weighted by molar-refractivity contribution is -0.138. The van der Waals surface area contributed by atoms with Gasteiger partial charge in [-0.2, -0.15) is 0 Å². The normalized spacial score (nSPS) is 16.1. The predicted octanol–water partition coefficient (Wildman–Crippen LogP) is 3.30. The van der Waals surface area contributed by atoms with Crippen molar-refractivity contribution in [3.8, 4) is 11.1 Å². The lowest BCUT2D eigenvalue weighted by atomic mass is 9.98. The molecule has 4 rings (SSSR count). The summed E-state index contributed by atoms with van der Waals surface area (Å²) in [6, 6.07) is 14.8. The second-order valence-corrected chi connectivity index (χ2v) is 8.85. The van der Waals surface area contributed by atoms with Crippen LogP contribution < -0.4 is 10.6 Å². The minimum atomic E-state index is -0.963. The summed E-state index contributed by atoms with van der Waals surface area (Å²) < 4.78 is 10.7. The number of carboxylic acid groups (broad SMARTS) is 1. The molecule has 3 N–H and O–H groups in total. The van der Waals surface area contributed by atoms with Crippen molar-refractivity contribution >= 4 is 18.0 Å². The molecule has 1 saturated carbocycles. The van der Waals surface area contributed by atoms with Crippen molar-refractivity contribution in [3.05, 3.63) is 59.7 Å². The predicted molar refractivity (Wildman–Crippen MR) is 125 cm³/mol. The number of rotatable bonds is 11. The molecule has 2 aliphatic rings. The van der Waals surface area contributed by atoms with Crippen molar-refractivity contribution in [2.24, 2.45) is 5.92 Å². The molecule has 2 unspecified atom stereocenters. The first-order chi connectivity index (χ1) is 16.5. The van der Waals surface area contributed by atoms with Crippen LogP contribution in [0.3, 0.4) is 0 Å². The van der Waals surface area contributed by atoms with Crippen LogP contribution >= 0.6 is 0 Å². The molecule has 8 heteroatoms. The summed E-state index contributed by atoms with van der Waals surface area (Å²) in [6.45, 7) is 0.400. The van der Waals surface area contributed by atoms with Gasteiger partial charge in [0.15, 0.2) is 0 Å². The van der Waals surface area contributed by atoms with E-state index in [4.69, 9.17) is 14.6 Å². The van der Waals surface area contributed by atoms with Gasteiger partial charge in [0.25, 0.3) is 0 Å². The van der Waals surface area contributed by atoms with Crippen LogP contribution in [0.4, 0.5) is 4.79 Å². The third-order valence-electron chi connectivity index (χ3n) is 6.48. The summed E-state index contributed by atoms with van der Waals surface area (Å²) in [6.07, 6.45) is 1.19. The molecule has 2 atom stereocenters. The number of fused-ring (bicyclic) bond motifs is 3. The summed E-state index contributed by atoms with van der Waals surface area (Å²) in [4.78, 5) is 36.7. The molecule has 180 valence electrons. The number of hydrogen-bond donors (Lipinski definition) is 3. The Balaban J connectivity index is 1.38. The standard InChI is InChI=1S/C26H30N2O6/c1-33-13-12-22(25(31)27-23(14-24(29)30)16-10-11-16)28-26(32)34-15-21-19-8-4-2-6-17(19)18-7-3-5-9-20(18)21/h2-9,16,21-23H,10-15H2,1H3,(H,27,31)(H,28,32)(H,29,30). The number of carbonyl (C=O) groups is 3. The van der Waals surface area contributed by atoms with Crippen molar-refractivity contribution in [2.75, 3.05) is 20.3 Å². The third-order valence-corrected chi connectivity index (χ3v) is 6.48. The fraction of sp³-hybridized carbons (Fsp3) is 0.423. The Kier molecular flexibility index (Phi) is 7.47. The molecular formula is C26H30N2O6. The molecule has 2 amide bonds. The van der Waals surface area contributed by atoms with E-state index in [9.17, 15) is 14.4 Å². The number of ether oxygens (including phenoxy) is 2. The number of carbonyl (C=O) groups excluding carboxylic acids is 2. The van der Waals surface area contributed by atoms with Crippen LogP contribution in [0.25, 0.3) is 11.1 Å². The fourth-order valence-corrected chi connectivity index (χ4v) is 4.59. The van der Waals surface area contributed by atoms with Gasteiger partial charge in [-0.15, -0.1) is 0 Å². The van der Waals surface area contributed by atoms with E-state index in [1.165, 1.54) is 7.11 Å². The number of amides is 2. The zero-order valence-corrected chi connectivity index (χ0v) is 19.2. The molecule has 2 aliphatic carbocycles. The zero-order chi connectivity index (χ0) is 24.1. The Labute approximate surface area is 198 Å². The topological polar surface area (TPSA) is 114 Å². The van der Waals surface area contributed by atoms with E-state index >= 15 is 0 Å². The van der Waals surface area contributed by atoms with Crippen LogP contribution in [-0.2, 0) is 19.1 Å². The van der Waals surface area contributed by atoms with Crippen LogP contribution in [0.5, 0.6) is 0 Å². The maximum atomic E-state index is 12.9. The van der Waals surface area contributed by atoms with Crippen LogP contribution in [-0.4, -0.2) is 55.5 Å². The Hall–Kier alpha value is -3.39. The van der Waals surface area contributed by atoms with Gasteiger partial charge in [0.05, 0.1) is 6.42 Å². The number of methoxy groups -OCH3 is 1. The van der Waals surface area contributed by atoms with Crippen molar-refractivity contribution < 1.29 is 29.0 Å². The average Bonchev–Trinajstić information content (AvgIpc) is 3.63. The van der Waals surface area contributed by atoms with Crippen molar-refractivity contribution in [1.29, 1.82) is 0 Å². The Morgan fingerprint density at radius 3 is 2.18 bits per heavy atom. The highest BCUT2D eigenvalue weighted by molar-refractivity contribution is 5.86. The first-order valence-electron chi connectivity index (χ1n) is 11.6. The highest BCUT2D eigenvalue weighted by Crippen LogP contribution is 2.44. The zero-order valence-electron chi connectivity index (χ0n) is 19.2.